The number of furan rings is 1. The summed E-state index contributed by atoms with van der Waals surface area (Å²) in [5.74, 6) is 2.14. The molecule has 2 heterocycles. The summed E-state index contributed by atoms with van der Waals surface area (Å²) in [7, 11) is 3.33. The summed E-state index contributed by atoms with van der Waals surface area (Å²) in [6.07, 6.45) is 3.72. The van der Waals surface area contributed by atoms with Gasteiger partial charge in [0, 0.05) is 36.3 Å². The van der Waals surface area contributed by atoms with Crippen molar-refractivity contribution in [3.8, 4) is 0 Å². The van der Waals surface area contributed by atoms with Gasteiger partial charge in [-0.05, 0) is 37.6 Å². The number of hydrogen-bond acceptors (Lipinski definition) is 6. The Kier molecular flexibility index (Phi) is 7.16. The predicted octanol–water partition coefficient (Wildman–Crippen LogP) is 2.82. The molecule has 3 N–H and O–H groups in total. The zero-order valence-electron chi connectivity index (χ0n) is 17.7. The van der Waals surface area contributed by atoms with Crippen LogP contribution in [-0.4, -0.2) is 45.9 Å². The van der Waals surface area contributed by atoms with E-state index >= 15 is 0 Å². The van der Waals surface area contributed by atoms with Gasteiger partial charge in [-0.25, -0.2) is 4.21 Å². The second-order valence-electron chi connectivity index (χ2n) is 7.31. The molecule has 1 amide bonds. The molecular weight excluding hydrogens is 486 g/mol. The van der Waals surface area contributed by atoms with Gasteiger partial charge in [-0.1, -0.05) is 15.9 Å². The molecule has 0 bridgehead atoms. The number of aryl methyl sites for hydroxylation is 2. The largest absolute Gasteiger partial charge is 0.512 e. The fourth-order valence-electron chi connectivity index (χ4n) is 2.86. The Morgan fingerprint density at radius 3 is 2.65 bits per heavy atom. The fraction of sp³-hybridized carbons (Fsp3) is 0.350. The number of amidine groups is 2. The van der Waals surface area contributed by atoms with Crippen molar-refractivity contribution >= 4 is 44.7 Å². The van der Waals surface area contributed by atoms with E-state index in [1.165, 1.54) is 4.90 Å². The lowest BCUT2D eigenvalue weighted by molar-refractivity contribution is -0.127. The topological polar surface area (TPSA) is 120 Å². The molecule has 0 fully saturated rings. The molecule has 0 saturated carbocycles. The van der Waals surface area contributed by atoms with Gasteiger partial charge in [-0.3, -0.25) is 4.79 Å². The zero-order chi connectivity index (χ0) is 22.7. The van der Waals surface area contributed by atoms with E-state index < -0.39 is 11.2 Å². The van der Waals surface area contributed by atoms with Crippen LogP contribution in [0.2, 0.25) is 0 Å². The number of hydrogen-bond donors (Lipinski definition) is 3. The molecule has 2 aliphatic rings. The minimum Gasteiger partial charge on any atom is -0.512 e. The highest BCUT2D eigenvalue weighted by Gasteiger charge is 2.23. The smallest absolute Gasteiger partial charge is 0.269 e. The van der Waals surface area contributed by atoms with E-state index in [0.717, 1.165) is 17.1 Å². The van der Waals surface area contributed by atoms with Gasteiger partial charge in [0.05, 0.1) is 13.0 Å². The molecule has 1 unspecified atom stereocenters. The lowest BCUT2D eigenvalue weighted by Crippen LogP contribution is -2.37. The van der Waals surface area contributed by atoms with Crippen LogP contribution in [-0.2, 0) is 22.5 Å². The molecule has 0 spiro atoms. The maximum atomic E-state index is 12.1. The lowest BCUT2D eigenvalue weighted by Gasteiger charge is -2.14. The molecule has 1 atom stereocenters. The van der Waals surface area contributed by atoms with Crippen LogP contribution in [0.5, 0.6) is 0 Å². The van der Waals surface area contributed by atoms with Crippen LogP contribution in [0.15, 0.2) is 52.9 Å². The Morgan fingerprint density at radius 1 is 1.29 bits per heavy atom. The summed E-state index contributed by atoms with van der Waals surface area (Å²) < 4.78 is 26.2. The molecule has 0 radical (unpaired) electrons. The number of nitrogens with one attached hydrogen (secondary N) is 2. The number of carbonyl (C=O) groups is 1. The standard InChI is InChI=1S/C20H24BrN5O4S/c1-11-7-14(30-12(11)2)10-22-19-20(25-31(29)24-19)23-13-5-6-16(21)15(17(27)8-13)9-18(28)26(3)4/h5-7,27H,8-10H2,1-4H3,(H,22,24)(H,23,25). The summed E-state index contributed by atoms with van der Waals surface area (Å²) in [5, 5.41) is 16.8. The highest BCUT2D eigenvalue weighted by atomic mass is 79.9. The van der Waals surface area contributed by atoms with E-state index in [9.17, 15) is 14.1 Å². The van der Waals surface area contributed by atoms with E-state index in [0.29, 0.717) is 34.0 Å². The highest BCUT2D eigenvalue weighted by Crippen LogP contribution is 2.29. The second-order valence-corrected chi connectivity index (χ2v) is 9.00. The van der Waals surface area contributed by atoms with Crippen LogP contribution in [0.25, 0.3) is 0 Å². The van der Waals surface area contributed by atoms with Crippen molar-refractivity contribution in [3.63, 3.8) is 0 Å². The summed E-state index contributed by atoms with van der Waals surface area (Å²) in [6, 6.07) is 1.93. The molecule has 0 saturated heterocycles. The molecule has 31 heavy (non-hydrogen) atoms. The lowest BCUT2D eigenvalue weighted by atomic mass is 10.1. The zero-order valence-corrected chi connectivity index (χ0v) is 20.1. The summed E-state index contributed by atoms with van der Waals surface area (Å²) in [6.45, 7) is 4.21. The normalized spacial score (nSPS) is 18.7. The van der Waals surface area contributed by atoms with Crippen LogP contribution >= 0.6 is 15.9 Å². The van der Waals surface area contributed by atoms with Gasteiger partial charge in [0.25, 0.3) is 11.2 Å². The van der Waals surface area contributed by atoms with Crippen LogP contribution in [0.4, 0.5) is 0 Å². The number of halogens is 1. The van der Waals surface area contributed by atoms with E-state index in [-0.39, 0.29) is 24.5 Å². The first kappa shape index (κ1) is 23.0. The molecule has 3 rings (SSSR count). The van der Waals surface area contributed by atoms with Gasteiger partial charge >= 0.3 is 0 Å². The van der Waals surface area contributed by atoms with Crippen LogP contribution < -0.4 is 10.6 Å². The average Bonchev–Trinajstić information content (AvgIpc) is 3.17. The number of rotatable bonds is 5. The Balaban J connectivity index is 1.70. The number of nitrogens with zero attached hydrogens (tertiary/aromatic N) is 3. The maximum absolute atomic E-state index is 12.1. The number of carbonyl (C=O) groups excluding carboxylic acids is 1. The molecule has 1 aromatic heterocycles. The molecule has 1 aliphatic carbocycles. The summed E-state index contributed by atoms with van der Waals surface area (Å²) in [5.41, 5.74) is 2.17. The Hall–Kier alpha value is -2.66. The summed E-state index contributed by atoms with van der Waals surface area (Å²) in [4.78, 5) is 13.5. The second kappa shape index (κ2) is 9.65. The van der Waals surface area contributed by atoms with Crippen molar-refractivity contribution in [1.82, 2.24) is 15.5 Å². The van der Waals surface area contributed by atoms with Gasteiger partial charge in [-0.15, -0.1) is 8.80 Å². The monoisotopic (exact) mass is 509 g/mol. The minimum atomic E-state index is -1.74. The molecular formula is C20H24BrN5O4S. The minimum absolute atomic E-state index is 0.0577. The van der Waals surface area contributed by atoms with Gasteiger partial charge in [-0.2, -0.15) is 0 Å². The highest BCUT2D eigenvalue weighted by molar-refractivity contribution is 9.12. The molecule has 166 valence electrons. The van der Waals surface area contributed by atoms with Crippen LogP contribution in [0.1, 0.15) is 29.9 Å². The van der Waals surface area contributed by atoms with Gasteiger partial charge < -0.3 is 25.1 Å². The molecule has 11 heteroatoms. The van der Waals surface area contributed by atoms with Crippen molar-refractivity contribution in [3.05, 3.63) is 56.8 Å². The molecule has 0 aromatic carbocycles. The number of allylic oxidation sites excluding steroid dienone is 3. The van der Waals surface area contributed by atoms with E-state index in [4.69, 9.17) is 4.42 Å². The number of aliphatic hydroxyl groups excluding tert-OH is 1. The molecule has 1 aliphatic heterocycles. The summed E-state index contributed by atoms with van der Waals surface area (Å²) >= 11 is 1.68. The Labute approximate surface area is 191 Å². The Bertz CT molecular complexity index is 1060. The van der Waals surface area contributed by atoms with Crippen LogP contribution in [0.3, 0.4) is 0 Å². The van der Waals surface area contributed by atoms with Crippen LogP contribution in [0, 0.1) is 13.8 Å². The van der Waals surface area contributed by atoms with Crippen molar-refractivity contribution in [2.24, 2.45) is 8.80 Å². The van der Waals surface area contributed by atoms with E-state index in [2.05, 4.69) is 35.4 Å². The van der Waals surface area contributed by atoms with E-state index in [1.54, 1.807) is 26.2 Å². The van der Waals surface area contributed by atoms with Gasteiger partial charge in [0.1, 0.15) is 17.3 Å². The number of aliphatic hydroxyl groups is 1. The van der Waals surface area contributed by atoms with Gasteiger partial charge in [0.15, 0.2) is 11.7 Å². The first-order valence-electron chi connectivity index (χ1n) is 9.48. The fourth-order valence-corrected chi connectivity index (χ4v) is 4.00. The molecule has 9 nitrogen and oxygen atoms in total. The number of amides is 1. The third kappa shape index (κ3) is 5.73. The predicted molar refractivity (Wildman–Crippen MR) is 124 cm³/mol. The third-order valence-corrected chi connectivity index (χ3v) is 6.16. The van der Waals surface area contributed by atoms with Gasteiger partial charge in [0.2, 0.25) is 5.91 Å². The SMILES string of the molecule is Cc1cc(CNC2=NS(=O)N=C2NC2=CC=C(Br)C(CC(=O)N(C)C)=C(O)C2)oc1C. The van der Waals surface area contributed by atoms with Crippen molar-refractivity contribution in [2.45, 2.75) is 33.2 Å². The average molecular weight is 510 g/mol. The van der Waals surface area contributed by atoms with Crippen molar-refractivity contribution in [1.29, 1.82) is 0 Å². The third-order valence-electron chi connectivity index (χ3n) is 4.74. The van der Waals surface area contributed by atoms with Crippen molar-refractivity contribution < 1.29 is 18.5 Å². The molecule has 1 aromatic rings. The van der Waals surface area contributed by atoms with E-state index in [1.807, 2.05) is 19.9 Å². The first-order valence-corrected chi connectivity index (χ1v) is 11.3. The Morgan fingerprint density at radius 2 is 2.00 bits per heavy atom. The first-order chi connectivity index (χ1) is 14.6. The van der Waals surface area contributed by atoms with Crippen molar-refractivity contribution in [2.75, 3.05) is 14.1 Å². The quantitative estimate of drug-likeness (QED) is 0.561. The maximum Gasteiger partial charge on any atom is 0.269 e.